The fraction of sp³-hybridized carbons (Fsp3) is 0.833. The highest BCUT2D eigenvalue weighted by Crippen LogP contribution is 2.08. The fourth-order valence-electron chi connectivity index (χ4n) is 1.41. The van der Waals surface area contributed by atoms with Crippen molar-refractivity contribution in [2.24, 2.45) is 0 Å². The predicted molar refractivity (Wildman–Crippen MR) is 59.3 cm³/mol. The lowest BCUT2D eigenvalue weighted by Gasteiger charge is -2.01. The Bertz CT molecular complexity index is 166. The number of esters is 1. The van der Waals surface area contributed by atoms with Crippen LogP contribution in [0.4, 0.5) is 0 Å². The zero-order chi connectivity index (χ0) is 11.4. The summed E-state index contributed by atoms with van der Waals surface area (Å²) in [6.45, 7) is 2.29. The van der Waals surface area contributed by atoms with Gasteiger partial charge in [-0.2, -0.15) is 0 Å². The van der Waals surface area contributed by atoms with Crippen LogP contribution in [0.3, 0.4) is 0 Å². The molecule has 0 aliphatic carbocycles. The van der Waals surface area contributed by atoms with Gasteiger partial charge in [-0.1, -0.05) is 25.7 Å². The summed E-state index contributed by atoms with van der Waals surface area (Å²) in [7, 11) is 0. The van der Waals surface area contributed by atoms with Crippen molar-refractivity contribution in [1.29, 1.82) is 0 Å². The molecule has 0 aliphatic rings. The molecule has 0 atom stereocenters. The highest BCUT2D eigenvalue weighted by atomic mass is 16.5. The SMILES string of the molecule is CCOC(=O)CCCCCCCC[C]=O. The van der Waals surface area contributed by atoms with Crippen LogP contribution in [0.2, 0.25) is 0 Å². The molecule has 1 radical (unpaired) electrons. The van der Waals surface area contributed by atoms with Gasteiger partial charge in [0.1, 0.15) is 0 Å². The Morgan fingerprint density at radius 3 is 2.27 bits per heavy atom. The molecule has 0 aromatic heterocycles. The van der Waals surface area contributed by atoms with E-state index in [0.717, 1.165) is 38.5 Å². The van der Waals surface area contributed by atoms with Crippen LogP contribution < -0.4 is 0 Å². The zero-order valence-corrected chi connectivity index (χ0v) is 9.59. The number of ether oxygens (including phenoxy) is 1. The van der Waals surface area contributed by atoms with Crippen molar-refractivity contribution in [3.63, 3.8) is 0 Å². The maximum Gasteiger partial charge on any atom is 0.305 e. The first kappa shape index (κ1) is 14.1. The van der Waals surface area contributed by atoms with Gasteiger partial charge in [-0.25, -0.2) is 0 Å². The molecule has 0 bridgehead atoms. The second kappa shape index (κ2) is 11.2. The minimum Gasteiger partial charge on any atom is -0.466 e. The van der Waals surface area contributed by atoms with Gasteiger partial charge in [0, 0.05) is 12.8 Å². The number of rotatable bonds is 10. The van der Waals surface area contributed by atoms with E-state index >= 15 is 0 Å². The smallest absolute Gasteiger partial charge is 0.305 e. The first-order chi connectivity index (χ1) is 7.31. The lowest BCUT2D eigenvalue weighted by Crippen LogP contribution is -2.03. The van der Waals surface area contributed by atoms with Gasteiger partial charge in [-0.15, -0.1) is 0 Å². The van der Waals surface area contributed by atoms with Crippen molar-refractivity contribution < 1.29 is 14.3 Å². The molecule has 87 valence electrons. The normalized spacial score (nSPS) is 9.93. The van der Waals surface area contributed by atoms with E-state index in [2.05, 4.69) is 0 Å². The van der Waals surface area contributed by atoms with E-state index in [1.807, 2.05) is 13.2 Å². The van der Waals surface area contributed by atoms with Gasteiger partial charge in [0.2, 0.25) is 0 Å². The average molecular weight is 213 g/mol. The minimum absolute atomic E-state index is 0.0898. The number of carbonyl (C=O) groups is 1. The van der Waals surface area contributed by atoms with Crippen molar-refractivity contribution in [3.05, 3.63) is 0 Å². The van der Waals surface area contributed by atoms with E-state index in [9.17, 15) is 9.59 Å². The monoisotopic (exact) mass is 213 g/mol. The van der Waals surface area contributed by atoms with Crippen molar-refractivity contribution in [2.45, 2.75) is 58.3 Å². The first-order valence-electron chi connectivity index (χ1n) is 5.82. The summed E-state index contributed by atoms with van der Waals surface area (Å²) in [5.74, 6) is -0.0898. The van der Waals surface area contributed by atoms with E-state index < -0.39 is 0 Å². The van der Waals surface area contributed by atoms with Gasteiger partial charge in [-0.3, -0.25) is 9.59 Å². The van der Waals surface area contributed by atoms with Crippen molar-refractivity contribution in [3.8, 4) is 0 Å². The molecule has 0 fully saturated rings. The van der Waals surface area contributed by atoms with Gasteiger partial charge in [-0.05, 0) is 19.8 Å². The summed E-state index contributed by atoms with van der Waals surface area (Å²) in [6.07, 6.45) is 9.29. The van der Waals surface area contributed by atoms with E-state index in [0.29, 0.717) is 19.4 Å². The maximum absolute atomic E-state index is 11.0. The van der Waals surface area contributed by atoms with Crippen LogP contribution in [-0.4, -0.2) is 18.9 Å². The lowest BCUT2D eigenvalue weighted by atomic mass is 10.1. The Kier molecular flexibility index (Phi) is 10.6. The van der Waals surface area contributed by atoms with E-state index in [-0.39, 0.29) is 5.97 Å². The summed E-state index contributed by atoms with van der Waals surface area (Å²) in [6, 6.07) is 0. The molecule has 0 saturated carbocycles. The summed E-state index contributed by atoms with van der Waals surface area (Å²) >= 11 is 0. The van der Waals surface area contributed by atoms with Crippen LogP contribution in [0.5, 0.6) is 0 Å². The van der Waals surface area contributed by atoms with Crippen molar-refractivity contribution >= 4 is 12.3 Å². The molecule has 0 heterocycles. The Hall–Kier alpha value is -0.860. The van der Waals surface area contributed by atoms with Gasteiger partial charge in [0.15, 0.2) is 6.29 Å². The molecule has 0 saturated heterocycles. The Labute approximate surface area is 92.2 Å². The molecule has 0 unspecified atom stereocenters. The molecule has 0 amide bonds. The topological polar surface area (TPSA) is 43.4 Å². The summed E-state index contributed by atoms with van der Waals surface area (Å²) in [4.78, 5) is 20.9. The first-order valence-corrected chi connectivity index (χ1v) is 5.82. The van der Waals surface area contributed by atoms with E-state index in [4.69, 9.17) is 4.74 Å². The lowest BCUT2D eigenvalue weighted by molar-refractivity contribution is -0.143. The quantitative estimate of drug-likeness (QED) is 0.414. The second-order valence-corrected chi connectivity index (χ2v) is 3.57. The van der Waals surface area contributed by atoms with Crippen LogP contribution in [0.15, 0.2) is 0 Å². The standard InChI is InChI=1S/C12H21O3/c1-2-15-12(14)10-8-6-4-3-5-7-9-11-13/h2-10H2,1H3. The largest absolute Gasteiger partial charge is 0.466 e. The van der Waals surface area contributed by atoms with Crippen LogP contribution in [0.1, 0.15) is 58.3 Å². The molecule has 0 rings (SSSR count). The Morgan fingerprint density at radius 2 is 1.67 bits per heavy atom. The molecule has 15 heavy (non-hydrogen) atoms. The average Bonchev–Trinajstić information content (AvgIpc) is 2.22. The zero-order valence-electron chi connectivity index (χ0n) is 9.59. The summed E-state index contributed by atoms with van der Waals surface area (Å²) < 4.78 is 4.82. The van der Waals surface area contributed by atoms with Crippen LogP contribution >= 0.6 is 0 Å². The highest BCUT2D eigenvalue weighted by molar-refractivity contribution is 5.69. The van der Waals surface area contributed by atoms with Crippen molar-refractivity contribution in [1.82, 2.24) is 0 Å². The summed E-state index contributed by atoms with van der Waals surface area (Å²) in [5, 5.41) is 0. The van der Waals surface area contributed by atoms with Gasteiger partial charge < -0.3 is 4.74 Å². The number of hydrogen-bond donors (Lipinski definition) is 0. The maximum atomic E-state index is 11.0. The number of carbonyl (C=O) groups excluding carboxylic acids is 2. The van der Waals surface area contributed by atoms with Gasteiger partial charge in [0.05, 0.1) is 6.61 Å². The third kappa shape index (κ3) is 11.1. The summed E-state index contributed by atoms with van der Waals surface area (Å²) in [5.41, 5.74) is 0. The fourth-order valence-corrected chi connectivity index (χ4v) is 1.41. The Morgan fingerprint density at radius 1 is 1.07 bits per heavy atom. The molecular weight excluding hydrogens is 192 g/mol. The van der Waals surface area contributed by atoms with E-state index in [1.165, 1.54) is 0 Å². The van der Waals surface area contributed by atoms with E-state index in [1.54, 1.807) is 0 Å². The highest BCUT2D eigenvalue weighted by Gasteiger charge is 2.00. The van der Waals surface area contributed by atoms with Crippen LogP contribution in [-0.2, 0) is 14.3 Å². The molecular formula is C12H21O3. The molecule has 0 aromatic rings. The molecule has 3 nitrogen and oxygen atoms in total. The predicted octanol–water partition coefficient (Wildman–Crippen LogP) is 2.78. The molecule has 0 spiro atoms. The van der Waals surface area contributed by atoms with Gasteiger partial charge in [0.25, 0.3) is 0 Å². The van der Waals surface area contributed by atoms with Crippen molar-refractivity contribution in [2.75, 3.05) is 6.61 Å². The van der Waals surface area contributed by atoms with Crippen LogP contribution in [0.25, 0.3) is 0 Å². The number of hydrogen-bond acceptors (Lipinski definition) is 3. The number of unbranched alkanes of at least 4 members (excludes halogenated alkanes) is 6. The molecule has 3 heteroatoms. The Balaban J connectivity index is 3.04. The van der Waals surface area contributed by atoms with Crippen LogP contribution in [0, 0.1) is 0 Å². The minimum atomic E-state index is -0.0898. The molecule has 0 N–H and O–H groups in total. The third-order valence-electron chi connectivity index (χ3n) is 2.22. The molecule has 0 aromatic carbocycles. The van der Waals surface area contributed by atoms with Gasteiger partial charge >= 0.3 is 5.97 Å². The second-order valence-electron chi connectivity index (χ2n) is 3.57. The molecule has 0 aliphatic heterocycles. The third-order valence-corrected chi connectivity index (χ3v) is 2.22.